The monoisotopic (exact) mass is 303 g/mol. The average Bonchev–Trinajstić information content (AvgIpc) is 2.56. The number of para-hydroxylation sites is 1. The van der Waals surface area contributed by atoms with Crippen LogP contribution in [0.3, 0.4) is 0 Å². The van der Waals surface area contributed by atoms with Crippen molar-refractivity contribution in [3.63, 3.8) is 0 Å². The van der Waals surface area contributed by atoms with Gasteiger partial charge in [0.25, 0.3) is 0 Å². The average molecular weight is 303 g/mol. The predicted molar refractivity (Wildman–Crippen MR) is 87.4 cm³/mol. The molecule has 2 heterocycles. The Hall–Kier alpha value is -1.75. The first-order chi connectivity index (χ1) is 10.7. The zero-order valence-corrected chi connectivity index (χ0v) is 13.0. The highest BCUT2D eigenvalue weighted by molar-refractivity contribution is 5.65. The fraction of sp³-hybridized carbons (Fsp3) is 0.588. The second-order valence-electron chi connectivity index (χ2n) is 6.36. The predicted octanol–water partition coefficient (Wildman–Crippen LogP) is 2.20. The number of carbonyl (C=O) groups is 1. The summed E-state index contributed by atoms with van der Waals surface area (Å²) in [6.45, 7) is 6.38. The Bertz CT molecular complexity index is 486. The van der Waals surface area contributed by atoms with Gasteiger partial charge in [-0.1, -0.05) is 18.2 Å². The minimum Gasteiger partial charge on any atom is -0.465 e. The minimum absolute atomic E-state index is 0.643. The molecule has 1 aromatic rings. The van der Waals surface area contributed by atoms with Gasteiger partial charge in [0.05, 0.1) is 0 Å². The Kier molecular flexibility index (Phi) is 4.83. The van der Waals surface area contributed by atoms with Crippen molar-refractivity contribution >= 4 is 11.8 Å². The molecule has 2 fully saturated rings. The molecule has 1 amide bonds. The van der Waals surface area contributed by atoms with Crippen molar-refractivity contribution in [2.24, 2.45) is 5.92 Å². The molecular formula is C17H25N3O2. The Morgan fingerprint density at radius 2 is 1.82 bits per heavy atom. The van der Waals surface area contributed by atoms with E-state index in [1.807, 2.05) is 0 Å². The van der Waals surface area contributed by atoms with Gasteiger partial charge in [-0.05, 0) is 30.9 Å². The number of piperazine rings is 1. The van der Waals surface area contributed by atoms with Gasteiger partial charge in [0.1, 0.15) is 0 Å². The Morgan fingerprint density at radius 1 is 1.09 bits per heavy atom. The summed E-state index contributed by atoms with van der Waals surface area (Å²) in [6.07, 6.45) is 1.74. The van der Waals surface area contributed by atoms with Crippen molar-refractivity contribution in [3.8, 4) is 0 Å². The number of benzene rings is 1. The minimum atomic E-state index is -0.785. The summed E-state index contributed by atoms with van der Waals surface area (Å²) in [5.74, 6) is 0.685. The Morgan fingerprint density at radius 3 is 2.50 bits per heavy atom. The van der Waals surface area contributed by atoms with Gasteiger partial charge in [0.15, 0.2) is 0 Å². The lowest BCUT2D eigenvalue weighted by molar-refractivity contribution is 0.0966. The molecule has 0 aliphatic carbocycles. The molecular weight excluding hydrogens is 278 g/mol. The van der Waals surface area contributed by atoms with Crippen LogP contribution in [-0.4, -0.2) is 66.8 Å². The Labute approximate surface area is 132 Å². The SMILES string of the molecule is O=C(O)N1CCN(CC2CCCN(c3ccccc3)C2)CC1. The first kappa shape index (κ1) is 15.2. The summed E-state index contributed by atoms with van der Waals surface area (Å²) in [6, 6.07) is 10.6. The van der Waals surface area contributed by atoms with E-state index in [1.54, 1.807) is 0 Å². The Balaban J connectivity index is 1.50. The molecule has 0 spiro atoms. The summed E-state index contributed by atoms with van der Waals surface area (Å²) < 4.78 is 0. The summed E-state index contributed by atoms with van der Waals surface area (Å²) in [5.41, 5.74) is 1.32. The number of amides is 1. The zero-order valence-electron chi connectivity index (χ0n) is 13.0. The zero-order chi connectivity index (χ0) is 15.4. The number of nitrogens with zero attached hydrogens (tertiary/aromatic N) is 3. The van der Waals surface area contributed by atoms with E-state index in [9.17, 15) is 4.79 Å². The fourth-order valence-corrected chi connectivity index (χ4v) is 3.57. The van der Waals surface area contributed by atoms with Crippen LogP contribution in [0.4, 0.5) is 10.5 Å². The van der Waals surface area contributed by atoms with Gasteiger partial charge in [0, 0.05) is 51.5 Å². The van der Waals surface area contributed by atoms with E-state index < -0.39 is 6.09 Å². The number of rotatable bonds is 3. The van der Waals surface area contributed by atoms with Crippen molar-refractivity contribution in [3.05, 3.63) is 30.3 Å². The lowest BCUT2D eigenvalue weighted by Gasteiger charge is -2.39. The largest absolute Gasteiger partial charge is 0.465 e. The second-order valence-corrected chi connectivity index (χ2v) is 6.36. The van der Waals surface area contributed by atoms with Gasteiger partial charge in [-0.2, -0.15) is 0 Å². The number of anilines is 1. The van der Waals surface area contributed by atoms with Crippen LogP contribution in [0.15, 0.2) is 30.3 Å². The van der Waals surface area contributed by atoms with Crippen LogP contribution in [-0.2, 0) is 0 Å². The lowest BCUT2D eigenvalue weighted by atomic mass is 9.96. The molecule has 3 rings (SSSR count). The first-order valence-electron chi connectivity index (χ1n) is 8.22. The molecule has 5 heteroatoms. The lowest BCUT2D eigenvalue weighted by Crippen LogP contribution is -2.50. The normalized spacial score (nSPS) is 23.5. The molecule has 2 aliphatic rings. The third-order valence-electron chi connectivity index (χ3n) is 4.80. The molecule has 1 N–H and O–H groups in total. The van der Waals surface area contributed by atoms with Gasteiger partial charge in [-0.15, -0.1) is 0 Å². The van der Waals surface area contributed by atoms with E-state index in [0.717, 1.165) is 32.7 Å². The second kappa shape index (κ2) is 7.01. The molecule has 0 aromatic heterocycles. The molecule has 120 valence electrons. The summed E-state index contributed by atoms with van der Waals surface area (Å²) in [5, 5.41) is 9.01. The van der Waals surface area contributed by atoms with Crippen LogP contribution in [0.5, 0.6) is 0 Å². The van der Waals surface area contributed by atoms with Crippen molar-refractivity contribution in [2.45, 2.75) is 12.8 Å². The molecule has 2 aliphatic heterocycles. The standard InChI is InChI=1S/C17H25N3O2/c21-17(22)19-11-9-18(10-12-19)13-15-5-4-8-20(14-15)16-6-2-1-3-7-16/h1-3,6-7,15H,4-5,8-14H2,(H,21,22). The number of hydrogen-bond acceptors (Lipinski definition) is 3. The van der Waals surface area contributed by atoms with Crippen molar-refractivity contribution in [1.82, 2.24) is 9.80 Å². The topological polar surface area (TPSA) is 47.0 Å². The first-order valence-corrected chi connectivity index (χ1v) is 8.22. The molecule has 22 heavy (non-hydrogen) atoms. The molecule has 0 saturated carbocycles. The molecule has 5 nitrogen and oxygen atoms in total. The number of piperidine rings is 1. The molecule has 0 radical (unpaired) electrons. The molecule has 2 saturated heterocycles. The molecule has 0 bridgehead atoms. The summed E-state index contributed by atoms with van der Waals surface area (Å²) >= 11 is 0. The van der Waals surface area contributed by atoms with Crippen molar-refractivity contribution in [1.29, 1.82) is 0 Å². The third kappa shape index (κ3) is 3.71. The van der Waals surface area contributed by atoms with Crippen LogP contribution in [0.25, 0.3) is 0 Å². The van der Waals surface area contributed by atoms with Gasteiger partial charge in [0.2, 0.25) is 0 Å². The highest BCUT2D eigenvalue weighted by Gasteiger charge is 2.25. The van der Waals surface area contributed by atoms with Crippen LogP contribution < -0.4 is 4.90 Å². The van der Waals surface area contributed by atoms with Gasteiger partial charge in [-0.3, -0.25) is 4.90 Å². The summed E-state index contributed by atoms with van der Waals surface area (Å²) in [4.78, 5) is 17.4. The van der Waals surface area contributed by atoms with Crippen LogP contribution in [0.2, 0.25) is 0 Å². The molecule has 1 aromatic carbocycles. The fourth-order valence-electron chi connectivity index (χ4n) is 3.57. The molecule has 1 unspecified atom stereocenters. The molecule has 1 atom stereocenters. The maximum atomic E-state index is 11.0. The van der Waals surface area contributed by atoms with Gasteiger partial charge < -0.3 is 14.9 Å². The quantitative estimate of drug-likeness (QED) is 0.930. The maximum absolute atomic E-state index is 11.0. The van der Waals surface area contributed by atoms with E-state index in [4.69, 9.17) is 5.11 Å². The van der Waals surface area contributed by atoms with Crippen molar-refractivity contribution < 1.29 is 9.90 Å². The van der Waals surface area contributed by atoms with Crippen LogP contribution >= 0.6 is 0 Å². The van der Waals surface area contributed by atoms with Crippen LogP contribution in [0.1, 0.15) is 12.8 Å². The van der Waals surface area contributed by atoms with Gasteiger partial charge in [-0.25, -0.2) is 4.79 Å². The van der Waals surface area contributed by atoms with E-state index in [0.29, 0.717) is 19.0 Å². The maximum Gasteiger partial charge on any atom is 0.407 e. The third-order valence-corrected chi connectivity index (χ3v) is 4.80. The highest BCUT2D eigenvalue weighted by atomic mass is 16.4. The number of carboxylic acid groups (broad SMARTS) is 1. The van der Waals surface area contributed by atoms with Gasteiger partial charge >= 0.3 is 6.09 Å². The van der Waals surface area contributed by atoms with Crippen LogP contribution in [0, 0.1) is 5.92 Å². The smallest absolute Gasteiger partial charge is 0.407 e. The highest BCUT2D eigenvalue weighted by Crippen LogP contribution is 2.23. The summed E-state index contributed by atoms with van der Waals surface area (Å²) in [7, 11) is 0. The van der Waals surface area contributed by atoms with E-state index >= 15 is 0 Å². The van der Waals surface area contributed by atoms with E-state index in [-0.39, 0.29) is 0 Å². The van der Waals surface area contributed by atoms with E-state index in [1.165, 1.54) is 23.4 Å². The van der Waals surface area contributed by atoms with Crippen molar-refractivity contribution in [2.75, 3.05) is 50.7 Å². The van der Waals surface area contributed by atoms with E-state index in [2.05, 4.69) is 40.1 Å². The number of hydrogen-bond donors (Lipinski definition) is 1.